The van der Waals surface area contributed by atoms with Gasteiger partial charge in [0.15, 0.2) is 0 Å². The first-order chi connectivity index (χ1) is 9.12. The second-order valence-electron chi connectivity index (χ2n) is 5.42. The minimum absolute atomic E-state index is 0.187. The van der Waals surface area contributed by atoms with E-state index in [1.807, 2.05) is 12.1 Å². The lowest BCUT2D eigenvalue weighted by Gasteiger charge is -2.33. The molecule has 0 radical (unpaired) electrons. The predicted molar refractivity (Wildman–Crippen MR) is 77.6 cm³/mol. The van der Waals surface area contributed by atoms with Gasteiger partial charge in [-0.05, 0) is 49.6 Å². The Labute approximate surface area is 116 Å². The molecule has 1 aliphatic carbocycles. The highest BCUT2D eigenvalue weighted by atomic mass is 16.5. The minimum Gasteiger partial charge on any atom is -0.497 e. The van der Waals surface area contributed by atoms with Crippen LogP contribution in [0.15, 0.2) is 18.2 Å². The maximum atomic E-state index is 10.6. The molecule has 1 aromatic rings. The number of rotatable bonds is 5. The number of fused-ring (bicyclic) bond motifs is 1. The lowest BCUT2D eigenvalue weighted by Crippen LogP contribution is -2.42. The van der Waals surface area contributed by atoms with Gasteiger partial charge in [0.2, 0.25) is 0 Å². The van der Waals surface area contributed by atoms with Gasteiger partial charge >= 0.3 is 0 Å². The number of aliphatic hydroxyl groups excluding tert-OH is 1. The van der Waals surface area contributed by atoms with Crippen molar-refractivity contribution < 1.29 is 9.84 Å². The van der Waals surface area contributed by atoms with Crippen LogP contribution in [0.1, 0.15) is 43.9 Å². The first-order valence-corrected chi connectivity index (χ1v) is 7.19. The van der Waals surface area contributed by atoms with E-state index in [-0.39, 0.29) is 6.04 Å². The van der Waals surface area contributed by atoms with E-state index in [2.05, 4.69) is 31.9 Å². The zero-order chi connectivity index (χ0) is 14.0. The Hall–Kier alpha value is -1.06. The molecule has 2 unspecified atom stereocenters. The van der Waals surface area contributed by atoms with Gasteiger partial charge in [0.1, 0.15) is 5.75 Å². The first-order valence-electron chi connectivity index (χ1n) is 7.19. The van der Waals surface area contributed by atoms with Crippen LogP contribution >= 0.6 is 0 Å². The van der Waals surface area contributed by atoms with Gasteiger partial charge < -0.3 is 9.84 Å². The Kier molecular flexibility index (Phi) is 4.48. The molecule has 0 saturated carbocycles. The topological polar surface area (TPSA) is 32.7 Å². The summed E-state index contributed by atoms with van der Waals surface area (Å²) in [6.45, 7) is 4.42. The van der Waals surface area contributed by atoms with E-state index in [1.54, 1.807) is 7.11 Å². The van der Waals surface area contributed by atoms with Crippen LogP contribution in [0.5, 0.6) is 5.75 Å². The summed E-state index contributed by atoms with van der Waals surface area (Å²) in [6.07, 6.45) is 2.76. The average Bonchev–Trinajstić information content (AvgIpc) is 2.77. The van der Waals surface area contributed by atoms with Crippen LogP contribution in [0.25, 0.3) is 0 Å². The molecule has 2 atom stereocenters. The number of likely N-dealkylation sites (N-methyl/N-ethyl adjacent to an activating group) is 1. The summed E-state index contributed by atoms with van der Waals surface area (Å²) in [7, 11) is 3.80. The third kappa shape index (κ3) is 2.63. The normalized spacial score (nSPS) is 22.1. The van der Waals surface area contributed by atoms with Crippen molar-refractivity contribution in [2.45, 2.75) is 51.3 Å². The second-order valence-corrected chi connectivity index (χ2v) is 5.42. The number of hydrogen-bond acceptors (Lipinski definition) is 3. The molecule has 3 nitrogen and oxygen atoms in total. The third-order valence-corrected chi connectivity index (χ3v) is 4.51. The fraction of sp³-hybridized carbons (Fsp3) is 0.625. The van der Waals surface area contributed by atoms with Crippen LogP contribution in [-0.4, -0.2) is 36.2 Å². The van der Waals surface area contributed by atoms with Crippen molar-refractivity contribution in [3.05, 3.63) is 29.3 Å². The van der Waals surface area contributed by atoms with E-state index in [9.17, 15) is 5.11 Å². The number of benzene rings is 1. The largest absolute Gasteiger partial charge is 0.497 e. The third-order valence-electron chi connectivity index (χ3n) is 4.51. The van der Waals surface area contributed by atoms with E-state index in [4.69, 9.17) is 4.74 Å². The molecule has 2 rings (SSSR count). The van der Waals surface area contributed by atoms with Crippen molar-refractivity contribution in [3.63, 3.8) is 0 Å². The fourth-order valence-electron chi connectivity index (χ4n) is 3.21. The maximum Gasteiger partial charge on any atom is 0.119 e. The van der Waals surface area contributed by atoms with Crippen LogP contribution in [-0.2, 0) is 6.42 Å². The number of aliphatic hydroxyl groups is 1. The molecule has 0 heterocycles. The molecule has 0 aromatic heterocycles. The van der Waals surface area contributed by atoms with E-state index in [0.29, 0.717) is 6.04 Å². The highest BCUT2D eigenvalue weighted by Gasteiger charge is 2.35. The Morgan fingerprint density at radius 1 is 1.37 bits per heavy atom. The van der Waals surface area contributed by atoms with Crippen LogP contribution in [0.2, 0.25) is 0 Å². The average molecular weight is 263 g/mol. The van der Waals surface area contributed by atoms with Crippen molar-refractivity contribution in [2.24, 2.45) is 0 Å². The standard InChI is InChI=1S/C16H25NO2/c1-5-12(6-2)17(3)15-9-11-7-8-13(19-4)10-14(11)16(15)18/h7-8,10,12,15-16,18H,5-6,9H2,1-4H3. The van der Waals surface area contributed by atoms with Crippen molar-refractivity contribution in [2.75, 3.05) is 14.2 Å². The molecule has 0 fully saturated rings. The summed E-state index contributed by atoms with van der Waals surface area (Å²) in [5, 5.41) is 10.6. The molecule has 106 valence electrons. The number of ether oxygens (including phenoxy) is 1. The summed E-state index contributed by atoms with van der Waals surface area (Å²) in [4.78, 5) is 2.34. The van der Waals surface area contributed by atoms with E-state index in [1.165, 1.54) is 5.56 Å². The van der Waals surface area contributed by atoms with Crippen molar-refractivity contribution in [1.29, 1.82) is 0 Å². The van der Waals surface area contributed by atoms with Crippen LogP contribution < -0.4 is 4.74 Å². The Morgan fingerprint density at radius 2 is 2.05 bits per heavy atom. The molecule has 1 aromatic carbocycles. The quantitative estimate of drug-likeness (QED) is 0.886. The van der Waals surface area contributed by atoms with E-state index in [0.717, 1.165) is 30.6 Å². The molecule has 1 N–H and O–H groups in total. The summed E-state index contributed by atoms with van der Waals surface area (Å²) in [5.74, 6) is 0.823. The molecular weight excluding hydrogens is 238 g/mol. The van der Waals surface area contributed by atoms with Gasteiger partial charge in [-0.3, -0.25) is 4.90 Å². The van der Waals surface area contributed by atoms with Gasteiger partial charge in [-0.15, -0.1) is 0 Å². The van der Waals surface area contributed by atoms with Crippen LogP contribution in [0.4, 0.5) is 0 Å². The molecule has 0 spiro atoms. The molecule has 0 saturated heterocycles. The molecular formula is C16H25NO2. The van der Waals surface area contributed by atoms with Gasteiger partial charge in [-0.2, -0.15) is 0 Å². The number of methoxy groups -OCH3 is 1. The number of hydrogen-bond donors (Lipinski definition) is 1. The lowest BCUT2D eigenvalue weighted by atomic mass is 10.0. The molecule has 0 amide bonds. The highest BCUT2D eigenvalue weighted by molar-refractivity contribution is 5.41. The predicted octanol–water partition coefficient (Wildman–Crippen LogP) is 2.77. The molecule has 0 aliphatic heterocycles. The smallest absolute Gasteiger partial charge is 0.119 e. The zero-order valence-corrected chi connectivity index (χ0v) is 12.4. The molecule has 19 heavy (non-hydrogen) atoms. The highest BCUT2D eigenvalue weighted by Crippen LogP contribution is 2.37. The van der Waals surface area contributed by atoms with Crippen LogP contribution in [0, 0.1) is 0 Å². The summed E-state index contributed by atoms with van der Waals surface area (Å²) < 4.78 is 5.25. The SMILES string of the molecule is CCC(CC)N(C)C1Cc2ccc(OC)cc2C1O. The van der Waals surface area contributed by atoms with Crippen molar-refractivity contribution >= 4 is 0 Å². The van der Waals surface area contributed by atoms with Gasteiger partial charge in [0, 0.05) is 12.1 Å². The molecule has 0 bridgehead atoms. The first kappa shape index (κ1) is 14.4. The molecule has 1 aliphatic rings. The Bertz CT molecular complexity index is 429. The second kappa shape index (κ2) is 5.93. The van der Waals surface area contributed by atoms with E-state index >= 15 is 0 Å². The zero-order valence-electron chi connectivity index (χ0n) is 12.4. The van der Waals surface area contributed by atoms with Gasteiger partial charge in [0.05, 0.1) is 13.2 Å². The van der Waals surface area contributed by atoms with Crippen LogP contribution in [0.3, 0.4) is 0 Å². The summed E-state index contributed by atoms with van der Waals surface area (Å²) in [5.41, 5.74) is 2.28. The fourth-order valence-corrected chi connectivity index (χ4v) is 3.21. The summed E-state index contributed by atoms with van der Waals surface area (Å²) in [6, 6.07) is 6.76. The Balaban J connectivity index is 2.20. The number of nitrogens with zero attached hydrogens (tertiary/aromatic N) is 1. The van der Waals surface area contributed by atoms with E-state index < -0.39 is 6.10 Å². The van der Waals surface area contributed by atoms with Gasteiger partial charge in [0.25, 0.3) is 0 Å². The monoisotopic (exact) mass is 263 g/mol. The van der Waals surface area contributed by atoms with Crippen molar-refractivity contribution in [1.82, 2.24) is 4.90 Å². The van der Waals surface area contributed by atoms with Crippen molar-refractivity contribution in [3.8, 4) is 5.75 Å². The lowest BCUT2D eigenvalue weighted by molar-refractivity contribution is 0.0491. The van der Waals surface area contributed by atoms with Gasteiger partial charge in [-0.25, -0.2) is 0 Å². The van der Waals surface area contributed by atoms with Gasteiger partial charge in [-0.1, -0.05) is 19.9 Å². The maximum absolute atomic E-state index is 10.6. The molecule has 3 heteroatoms. The Morgan fingerprint density at radius 3 is 2.63 bits per heavy atom. The summed E-state index contributed by atoms with van der Waals surface area (Å²) >= 11 is 0. The minimum atomic E-state index is -0.407.